The molecular formula is C30H39N3. The Morgan fingerprint density at radius 1 is 1.24 bits per heavy atom. The maximum atomic E-state index is 4.81. The third-order valence-corrected chi connectivity index (χ3v) is 6.59. The Kier molecular flexibility index (Phi) is 7.02. The van der Waals surface area contributed by atoms with Crippen molar-refractivity contribution < 1.29 is 0 Å². The highest BCUT2D eigenvalue weighted by molar-refractivity contribution is 6.00. The lowest BCUT2D eigenvalue weighted by Crippen LogP contribution is -2.45. The Labute approximate surface area is 200 Å². The van der Waals surface area contributed by atoms with Gasteiger partial charge in [-0.25, -0.2) is 0 Å². The van der Waals surface area contributed by atoms with E-state index in [1.54, 1.807) is 6.20 Å². The van der Waals surface area contributed by atoms with E-state index in [1.165, 1.54) is 28.0 Å². The van der Waals surface area contributed by atoms with Crippen molar-refractivity contribution in [2.45, 2.75) is 60.4 Å². The van der Waals surface area contributed by atoms with E-state index in [9.17, 15) is 0 Å². The molecular weight excluding hydrogens is 402 g/mol. The lowest BCUT2D eigenvalue weighted by Gasteiger charge is -2.47. The van der Waals surface area contributed by atoms with Crippen molar-refractivity contribution >= 4 is 11.4 Å². The minimum absolute atomic E-state index is 0.0997. The Balaban J connectivity index is 2.19. The van der Waals surface area contributed by atoms with Gasteiger partial charge in [0.1, 0.15) is 0 Å². The van der Waals surface area contributed by atoms with Crippen molar-refractivity contribution in [2.24, 2.45) is 10.5 Å². The van der Waals surface area contributed by atoms with Crippen LogP contribution in [0, 0.1) is 5.41 Å². The molecule has 1 unspecified atom stereocenters. The van der Waals surface area contributed by atoms with Crippen LogP contribution in [0.5, 0.6) is 0 Å². The zero-order chi connectivity index (χ0) is 24.5. The van der Waals surface area contributed by atoms with Gasteiger partial charge in [0.25, 0.3) is 0 Å². The minimum atomic E-state index is 0.0997. The van der Waals surface area contributed by atoms with Gasteiger partial charge in [-0.15, -0.1) is 6.58 Å². The largest absolute Gasteiger partial charge is 0.343 e. The van der Waals surface area contributed by atoms with Crippen LogP contribution in [0.2, 0.25) is 0 Å². The third kappa shape index (κ3) is 4.83. The molecule has 3 rings (SSSR count). The van der Waals surface area contributed by atoms with Crippen LogP contribution in [0.15, 0.2) is 84.8 Å². The molecule has 0 radical (unpaired) electrons. The number of allylic oxidation sites excluding steroid dienone is 4. The van der Waals surface area contributed by atoms with Crippen molar-refractivity contribution in [3.05, 3.63) is 102 Å². The summed E-state index contributed by atoms with van der Waals surface area (Å²) in [5.41, 5.74) is 10.7. The molecule has 1 aromatic rings. The summed E-state index contributed by atoms with van der Waals surface area (Å²) >= 11 is 0. The second-order valence-electron chi connectivity index (χ2n) is 10.2. The van der Waals surface area contributed by atoms with Crippen LogP contribution in [0.3, 0.4) is 0 Å². The Morgan fingerprint density at radius 3 is 2.48 bits per heavy atom. The quantitative estimate of drug-likeness (QED) is 0.252. The standard InChI is InChI=1S/C30H39N3/c1-11-14-32(13-3)31-22(7)25-17-24-18-29(30(8,9)10)33-19-27(20(4)5)21(6)15-28(33)26(24)16-23(25)12-2/h11,13,15-17,19,29H,1,3-4,6,12,14,18H2,2,5,7-10H3/b31-22+. The van der Waals surface area contributed by atoms with E-state index >= 15 is 0 Å². The smallest absolute Gasteiger partial charge is 0.0653 e. The highest BCUT2D eigenvalue weighted by Crippen LogP contribution is 2.44. The zero-order valence-electron chi connectivity index (χ0n) is 21.3. The molecule has 0 spiro atoms. The Hall–Kier alpha value is -3.07. The molecule has 2 aliphatic rings. The van der Waals surface area contributed by atoms with Crippen LogP contribution in [0.25, 0.3) is 5.70 Å². The number of fused-ring (bicyclic) bond motifs is 3. The predicted molar refractivity (Wildman–Crippen MR) is 144 cm³/mol. The summed E-state index contributed by atoms with van der Waals surface area (Å²) in [5, 5.41) is 6.64. The van der Waals surface area contributed by atoms with Crippen LogP contribution in [-0.2, 0) is 12.8 Å². The van der Waals surface area contributed by atoms with Gasteiger partial charge in [0, 0.05) is 35.3 Å². The van der Waals surface area contributed by atoms with Crippen molar-refractivity contribution in [1.82, 2.24) is 9.91 Å². The van der Waals surface area contributed by atoms with Crippen LogP contribution in [0.1, 0.15) is 63.8 Å². The minimum Gasteiger partial charge on any atom is -0.343 e. The number of hydrazone groups is 1. The molecule has 33 heavy (non-hydrogen) atoms. The molecule has 2 heterocycles. The van der Waals surface area contributed by atoms with Crippen molar-refractivity contribution in [1.29, 1.82) is 0 Å². The summed E-state index contributed by atoms with van der Waals surface area (Å²) in [4.78, 5) is 2.46. The van der Waals surface area contributed by atoms with Crippen LogP contribution >= 0.6 is 0 Å². The maximum Gasteiger partial charge on any atom is 0.0653 e. The normalized spacial score (nSPS) is 18.1. The molecule has 0 aromatic heterocycles. The molecule has 0 amide bonds. The van der Waals surface area contributed by atoms with E-state index in [1.807, 2.05) is 11.1 Å². The first kappa shape index (κ1) is 24.6. The van der Waals surface area contributed by atoms with Gasteiger partial charge < -0.3 is 4.90 Å². The highest BCUT2D eigenvalue weighted by Gasteiger charge is 2.38. The summed E-state index contributed by atoms with van der Waals surface area (Å²) in [6.45, 7) is 30.2. The first-order chi connectivity index (χ1) is 15.5. The van der Waals surface area contributed by atoms with Gasteiger partial charge in [-0.2, -0.15) is 5.10 Å². The summed E-state index contributed by atoms with van der Waals surface area (Å²) in [6.07, 6.45) is 10.0. The van der Waals surface area contributed by atoms with Gasteiger partial charge in [-0.1, -0.05) is 53.5 Å². The van der Waals surface area contributed by atoms with Crippen LogP contribution in [0.4, 0.5) is 0 Å². The molecule has 0 N–H and O–H groups in total. The van der Waals surface area contributed by atoms with Crippen molar-refractivity contribution in [3.63, 3.8) is 0 Å². The SMILES string of the molecule is C=CCN(C=C)/N=C(\C)c1cc2c(cc1CC)C1=CC(=C)C(C(=C)C)=CN1C(C(C)(C)C)C2. The second-order valence-corrected chi connectivity index (χ2v) is 10.2. The molecule has 2 aliphatic heterocycles. The highest BCUT2D eigenvalue weighted by atomic mass is 15.4. The molecule has 3 nitrogen and oxygen atoms in total. The Bertz CT molecular complexity index is 1090. The van der Waals surface area contributed by atoms with Crippen molar-refractivity contribution in [2.75, 3.05) is 6.54 Å². The molecule has 0 aliphatic carbocycles. The van der Waals surface area contributed by atoms with Crippen LogP contribution in [-0.4, -0.2) is 28.2 Å². The molecule has 3 heteroatoms. The average molecular weight is 442 g/mol. The van der Waals surface area contributed by atoms with Gasteiger partial charge in [0.05, 0.1) is 12.3 Å². The van der Waals surface area contributed by atoms with E-state index in [0.29, 0.717) is 12.6 Å². The van der Waals surface area contributed by atoms with E-state index < -0.39 is 0 Å². The summed E-state index contributed by atoms with van der Waals surface area (Å²) < 4.78 is 0. The first-order valence-corrected chi connectivity index (χ1v) is 11.8. The summed E-state index contributed by atoms with van der Waals surface area (Å²) in [7, 11) is 0. The van der Waals surface area contributed by atoms with E-state index in [-0.39, 0.29) is 5.41 Å². The van der Waals surface area contributed by atoms with Crippen LogP contribution < -0.4 is 0 Å². The average Bonchev–Trinajstić information content (AvgIpc) is 2.75. The monoisotopic (exact) mass is 441 g/mol. The lowest BCUT2D eigenvalue weighted by atomic mass is 9.75. The van der Waals surface area contributed by atoms with E-state index in [0.717, 1.165) is 35.3 Å². The summed E-state index contributed by atoms with van der Waals surface area (Å²) in [6, 6.07) is 5.06. The number of nitrogens with zero attached hydrogens (tertiary/aromatic N) is 3. The van der Waals surface area contributed by atoms with Gasteiger partial charge in [-0.3, -0.25) is 5.01 Å². The molecule has 1 atom stereocenters. The van der Waals surface area contributed by atoms with Gasteiger partial charge in [0.15, 0.2) is 0 Å². The number of rotatable bonds is 7. The number of hydrogen-bond donors (Lipinski definition) is 0. The van der Waals surface area contributed by atoms with Gasteiger partial charge in [-0.05, 0) is 78.2 Å². The fraction of sp³-hybridized carbons (Fsp3) is 0.367. The van der Waals surface area contributed by atoms with E-state index in [4.69, 9.17) is 5.10 Å². The van der Waals surface area contributed by atoms with Gasteiger partial charge in [0.2, 0.25) is 0 Å². The first-order valence-electron chi connectivity index (χ1n) is 11.8. The van der Waals surface area contributed by atoms with Crippen molar-refractivity contribution in [3.8, 4) is 0 Å². The topological polar surface area (TPSA) is 18.8 Å². The lowest BCUT2D eigenvalue weighted by molar-refractivity contribution is 0.189. The van der Waals surface area contributed by atoms with E-state index in [2.05, 4.69) is 97.2 Å². The zero-order valence-corrected chi connectivity index (χ0v) is 21.3. The summed E-state index contributed by atoms with van der Waals surface area (Å²) in [5.74, 6) is 0. The molecule has 0 saturated carbocycles. The number of aryl methyl sites for hydroxylation is 1. The molecule has 1 aromatic carbocycles. The number of hydrogen-bond acceptors (Lipinski definition) is 3. The third-order valence-electron chi connectivity index (χ3n) is 6.59. The molecule has 0 fully saturated rings. The Morgan fingerprint density at radius 2 is 1.94 bits per heavy atom. The van der Waals surface area contributed by atoms with Gasteiger partial charge >= 0.3 is 0 Å². The molecule has 0 saturated heterocycles. The molecule has 0 bridgehead atoms. The maximum absolute atomic E-state index is 4.81. The number of benzene rings is 1. The predicted octanol–water partition coefficient (Wildman–Crippen LogP) is 7.25. The molecule has 174 valence electrons. The fourth-order valence-corrected chi connectivity index (χ4v) is 4.76. The second kappa shape index (κ2) is 9.43. The fourth-order valence-electron chi connectivity index (χ4n) is 4.76.